The summed E-state index contributed by atoms with van der Waals surface area (Å²) in [6.07, 6.45) is 0. The van der Waals surface area contributed by atoms with Crippen LogP contribution in [0.25, 0.3) is 117 Å². The summed E-state index contributed by atoms with van der Waals surface area (Å²) >= 11 is 3.78. The van der Waals surface area contributed by atoms with Crippen molar-refractivity contribution in [3.63, 3.8) is 0 Å². The maximum absolute atomic E-state index is 6.37. The molecule has 0 bridgehead atoms. The van der Waals surface area contributed by atoms with Crippen LogP contribution in [0.2, 0.25) is 0 Å². The summed E-state index contributed by atoms with van der Waals surface area (Å²) < 4.78 is 11.7. The minimum Gasteiger partial charge on any atom is -0.456 e. The molecule has 0 atom stereocenters. The Morgan fingerprint density at radius 3 is 1.63 bits per heavy atom. The second-order valence-electron chi connectivity index (χ2n) is 13.6. The summed E-state index contributed by atoms with van der Waals surface area (Å²) in [5.74, 6) is 0. The van der Waals surface area contributed by atoms with Crippen LogP contribution in [0.3, 0.4) is 0 Å². The summed E-state index contributed by atoms with van der Waals surface area (Å²) in [6, 6.07) is 58.2. The zero-order valence-electron chi connectivity index (χ0n) is 27.2. The third kappa shape index (κ3) is 3.90. The standard InChI is InChI=1S/C48H26OS2/c1-3-12-34-32(10-1)46(33-11-2-4-13-35(33)47(34)29-17-20-31-30-9-5-7-15-40(30)49-41(31)24-29)28-19-21-43-38(23-28)39-26-37-27(25-45(39)51-43)18-22-44-48(37)36-14-6-8-16-42(36)50-44/h1-26H. The number of hydrogen-bond acceptors (Lipinski definition) is 3. The molecule has 0 amide bonds. The smallest absolute Gasteiger partial charge is 0.136 e. The second kappa shape index (κ2) is 10.3. The number of hydrogen-bond donors (Lipinski definition) is 0. The van der Waals surface area contributed by atoms with Crippen molar-refractivity contribution in [1.82, 2.24) is 0 Å². The summed E-state index contributed by atoms with van der Waals surface area (Å²) in [6.45, 7) is 0. The zero-order chi connectivity index (χ0) is 33.2. The van der Waals surface area contributed by atoms with Gasteiger partial charge in [-0.3, -0.25) is 0 Å². The van der Waals surface area contributed by atoms with E-state index in [9.17, 15) is 0 Å². The van der Waals surface area contributed by atoms with E-state index < -0.39 is 0 Å². The van der Waals surface area contributed by atoms with Crippen molar-refractivity contribution >= 4 is 117 Å². The summed E-state index contributed by atoms with van der Waals surface area (Å²) in [7, 11) is 0. The van der Waals surface area contributed by atoms with Crippen molar-refractivity contribution < 1.29 is 4.42 Å². The Hall–Kier alpha value is -6.00. The highest BCUT2D eigenvalue weighted by Crippen LogP contribution is 2.47. The van der Waals surface area contributed by atoms with Crippen molar-refractivity contribution in [2.75, 3.05) is 0 Å². The van der Waals surface area contributed by atoms with Gasteiger partial charge in [-0.25, -0.2) is 0 Å². The van der Waals surface area contributed by atoms with Gasteiger partial charge < -0.3 is 4.42 Å². The lowest BCUT2D eigenvalue weighted by Gasteiger charge is -2.18. The summed E-state index contributed by atoms with van der Waals surface area (Å²) in [5.41, 5.74) is 6.77. The minimum absolute atomic E-state index is 0.918. The highest BCUT2D eigenvalue weighted by molar-refractivity contribution is 7.26. The average Bonchev–Trinajstić information content (AvgIpc) is 3.86. The maximum Gasteiger partial charge on any atom is 0.136 e. The molecule has 9 aromatic carbocycles. The van der Waals surface area contributed by atoms with E-state index in [-0.39, 0.29) is 0 Å². The van der Waals surface area contributed by atoms with Gasteiger partial charge >= 0.3 is 0 Å². The molecule has 0 fully saturated rings. The van der Waals surface area contributed by atoms with Gasteiger partial charge in [-0.2, -0.15) is 0 Å². The fraction of sp³-hybridized carbons (Fsp3) is 0. The van der Waals surface area contributed by atoms with Crippen molar-refractivity contribution in [2.45, 2.75) is 0 Å². The lowest BCUT2D eigenvalue weighted by Crippen LogP contribution is -1.90. The molecule has 51 heavy (non-hydrogen) atoms. The molecule has 3 aromatic heterocycles. The first kappa shape index (κ1) is 27.8. The Bertz CT molecular complexity index is 3370. The third-order valence-corrected chi connectivity index (χ3v) is 13.1. The molecule has 0 spiro atoms. The fourth-order valence-corrected chi connectivity index (χ4v) is 10.8. The van der Waals surface area contributed by atoms with Crippen molar-refractivity contribution in [1.29, 1.82) is 0 Å². The van der Waals surface area contributed by atoms with Gasteiger partial charge in [-0.1, -0.05) is 103 Å². The fourth-order valence-electron chi connectivity index (χ4n) is 8.61. The molecule has 0 aliphatic heterocycles. The van der Waals surface area contributed by atoms with E-state index in [4.69, 9.17) is 4.42 Å². The summed E-state index contributed by atoms with van der Waals surface area (Å²) in [5, 5.41) is 15.3. The first-order chi connectivity index (χ1) is 25.3. The molecule has 0 radical (unpaired) electrons. The molecule has 0 aliphatic rings. The van der Waals surface area contributed by atoms with Crippen LogP contribution in [0, 0.1) is 0 Å². The van der Waals surface area contributed by atoms with Crippen LogP contribution in [0.15, 0.2) is 162 Å². The van der Waals surface area contributed by atoms with Gasteiger partial charge in [0.1, 0.15) is 11.2 Å². The van der Waals surface area contributed by atoms with Crippen molar-refractivity contribution in [3.05, 3.63) is 158 Å². The molecule has 12 rings (SSSR count). The Balaban J connectivity index is 1.12. The van der Waals surface area contributed by atoms with Crippen LogP contribution in [0.1, 0.15) is 0 Å². The predicted molar refractivity (Wildman–Crippen MR) is 223 cm³/mol. The molecule has 0 saturated heterocycles. The van der Waals surface area contributed by atoms with Crippen LogP contribution >= 0.6 is 22.7 Å². The quantitative estimate of drug-likeness (QED) is 0.165. The van der Waals surface area contributed by atoms with Gasteiger partial charge in [0.2, 0.25) is 0 Å². The van der Waals surface area contributed by atoms with E-state index in [1.165, 1.54) is 94.9 Å². The molecule has 236 valence electrons. The molecule has 12 aromatic rings. The number of furan rings is 1. The normalized spacial score (nSPS) is 12.3. The molecule has 3 heteroatoms. The molecule has 0 N–H and O–H groups in total. The number of para-hydroxylation sites is 1. The number of benzene rings is 9. The molecular formula is C48H26OS2. The molecule has 0 aliphatic carbocycles. The van der Waals surface area contributed by atoms with Gasteiger partial charge in [0.15, 0.2) is 0 Å². The Morgan fingerprint density at radius 1 is 0.314 bits per heavy atom. The Kier molecular flexibility index (Phi) is 5.59. The van der Waals surface area contributed by atoms with E-state index in [2.05, 4.69) is 152 Å². The zero-order valence-corrected chi connectivity index (χ0v) is 28.9. The van der Waals surface area contributed by atoms with E-state index in [1.54, 1.807) is 0 Å². The van der Waals surface area contributed by atoms with Gasteiger partial charge in [0.05, 0.1) is 0 Å². The Morgan fingerprint density at radius 2 is 0.863 bits per heavy atom. The van der Waals surface area contributed by atoms with Gasteiger partial charge in [-0.15, -0.1) is 22.7 Å². The van der Waals surface area contributed by atoms with Crippen LogP contribution in [0.4, 0.5) is 0 Å². The third-order valence-electron chi connectivity index (χ3n) is 10.8. The molecule has 0 saturated carbocycles. The number of fused-ring (bicyclic) bond motifs is 13. The molecule has 1 nitrogen and oxygen atoms in total. The second-order valence-corrected chi connectivity index (χ2v) is 15.7. The molecule has 3 heterocycles. The number of thiophene rings is 2. The monoisotopic (exact) mass is 682 g/mol. The first-order valence-electron chi connectivity index (χ1n) is 17.3. The SMILES string of the molecule is c1ccc2c(c1)oc1cc(-c3c4ccccc4c(-c4ccc5sc6cc7ccc8sc9ccccc9c8c7cc6c5c4)c4ccccc34)ccc12. The van der Waals surface area contributed by atoms with Crippen molar-refractivity contribution in [3.8, 4) is 22.3 Å². The predicted octanol–water partition coefficient (Wildman–Crippen LogP) is 15.1. The average molecular weight is 683 g/mol. The lowest BCUT2D eigenvalue weighted by atomic mass is 9.85. The van der Waals surface area contributed by atoms with Crippen LogP contribution < -0.4 is 0 Å². The number of rotatable bonds is 2. The van der Waals surface area contributed by atoms with Crippen molar-refractivity contribution in [2.24, 2.45) is 0 Å². The van der Waals surface area contributed by atoms with Gasteiger partial charge in [0, 0.05) is 51.1 Å². The minimum atomic E-state index is 0.918. The van der Waals surface area contributed by atoms with Crippen LogP contribution in [-0.2, 0) is 0 Å². The van der Waals surface area contributed by atoms with E-state index in [0.29, 0.717) is 0 Å². The van der Waals surface area contributed by atoms with Crippen LogP contribution in [-0.4, -0.2) is 0 Å². The largest absolute Gasteiger partial charge is 0.456 e. The highest BCUT2D eigenvalue weighted by Gasteiger charge is 2.19. The van der Waals surface area contributed by atoms with E-state index in [1.807, 2.05) is 28.7 Å². The highest BCUT2D eigenvalue weighted by atomic mass is 32.1. The summed E-state index contributed by atoms with van der Waals surface area (Å²) in [4.78, 5) is 0. The topological polar surface area (TPSA) is 13.1 Å². The molecule has 0 unspecified atom stereocenters. The Labute approximate surface area is 300 Å². The van der Waals surface area contributed by atoms with E-state index >= 15 is 0 Å². The van der Waals surface area contributed by atoms with E-state index in [0.717, 1.165) is 21.9 Å². The van der Waals surface area contributed by atoms with Crippen LogP contribution in [0.5, 0.6) is 0 Å². The lowest BCUT2D eigenvalue weighted by molar-refractivity contribution is 0.669. The van der Waals surface area contributed by atoms with Gasteiger partial charge in [0.25, 0.3) is 0 Å². The first-order valence-corrected chi connectivity index (χ1v) is 19.0. The maximum atomic E-state index is 6.37. The molecular weight excluding hydrogens is 657 g/mol. The van der Waals surface area contributed by atoms with Gasteiger partial charge in [-0.05, 0) is 109 Å².